The van der Waals surface area contributed by atoms with Gasteiger partial charge in [-0.15, -0.1) is 12.4 Å². The van der Waals surface area contributed by atoms with E-state index in [0.29, 0.717) is 44.0 Å². The van der Waals surface area contributed by atoms with Crippen molar-refractivity contribution in [2.45, 2.75) is 6.42 Å². The second-order valence-electron chi connectivity index (χ2n) is 6.41. The van der Waals surface area contributed by atoms with E-state index in [0.717, 1.165) is 37.5 Å². The van der Waals surface area contributed by atoms with Crippen LogP contribution < -0.4 is 5.32 Å². The Hall–Kier alpha value is -1.75. The molecule has 2 aliphatic heterocycles. The Morgan fingerprint density at radius 3 is 2.33 bits per heavy atom. The molecule has 0 unspecified atom stereocenters. The van der Waals surface area contributed by atoms with Gasteiger partial charge >= 0.3 is 5.00 Å². The van der Waals surface area contributed by atoms with E-state index in [-0.39, 0.29) is 29.2 Å². The molecule has 0 aliphatic carbocycles. The quantitative estimate of drug-likeness (QED) is 0.558. The number of amides is 2. The smallest absolute Gasteiger partial charge is 0.324 e. The van der Waals surface area contributed by atoms with Crippen LogP contribution in [0.1, 0.15) is 16.1 Å². The third-order valence-electron chi connectivity index (χ3n) is 4.75. The Bertz CT molecular complexity index is 672. The zero-order valence-electron chi connectivity index (χ0n) is 15.0. The van der Waals surface area contributed by atoms with Crippen molar-refractivity contribution in [3.63, 3.8) is 0 Å². The van der Waals surface area contributed by atoms with Gasteiger partial charge < -0.3 is 15.1 Å². The summed E-state index contributed by atoms with van der Waals surface area (Å²) in [6.07, 6.45) is 0.505. The summed E-state index contributed by atoms with van der Waals surface area (Å²) in [4.78, 5) is 41.1. The molecule has 3 rings (SSSR count). The highest BCUT2D eigenvalue weighted by Crippen LogP contribution is 2.25. The van der Waals surface area contributed by atoms with Crippen molar-refractivity contribution in [2.75, 3.05) is 58.9 Å². The Kier molecular flexibility index (Phi) is 7.96. The third kappa shape index (κ3) is 5.61. The second kappa shape index (κ2) is 9.98. The summed E-state index contributed by atoms with van der Waals surface area (Å²) in [6.45, 7) is 6.54. The first-order chi connectivity index (χ1) is 12.5. The van der Waals surface area contributed by atoms with E-state index in [9.17, 15) is 19.7 Å². The number of nitrogens with zero attached hydrogens (tertiary/aromatic N) is 4. The van der Waals surface area contributed by atoms with E-state index in [4.69, 9.17) is 0 Å². The summed E-state index contributed by atoms with van der Waals surface area (Å²) in [7, 11) is 0. The largest absolute Gasteiger partial charge is 0.340 e. The molecule has 3 heterocycles. The fourth-order valence-electron chi connectivity index (χ4n) is 3.20. The lowest BCUT2D eigenvalue weighted by atomic mass is 10.2. The summed E-state index contributed by atoms with van der Waals surface area (Å²) in [5, 5.41) is 14.0. The van der Waals surface area contributed by atoms with Crippen LogP contribution in [0.2, 0.25) is 0 Å². The van der Waals surface area contributed by atoms with E-state index in [1.807, 2.05) is 4.90 Å². The SMILES string of the molecule is Cl.O=C(CCN1CCN(C(=O)c2ccc([N+](=O)[O-])s2)CC1)N1CCNCC1. The third-order valence-corrected chi connectivity index (χ3v) is 5.78. The second-order valence-corrected chi connectivity index (χ2v) is 7.47. The lowest BCUT2D eigenvalue weighted by molar-refractivity contribution is -0.380. The average molecular weight is 418 g/mol. The predicted octanol–water partition coefficient (Wildman–Crippen LogP) is 0.658. The molecule has 0 spiro atoms. The highest BCUT2D eigenvalue weighted by Gasteiger charge is 2.25. The monoisotopic (exact) mass is 417 g/mol. The zero-order valence-corrected chi connectivity index (χ0v) is 16.6. The molecular weight excluding hydrogens is 394 g/mol. The fourth-order valence-corrected chi connectivity index (χ4v) is 3.99. The molecule has 0 saturated carbocycles. The number of carbonyl (C=O) groups excluding carboxylic acids is 2. The van der Waals surface area contributed by atoms with Crippen molar-refractivity contribution in [3.05, 3.63) is 27.1 Å². The van der Waals surface area contributed by atoms with Gasteiger partial charge in [0.1, 0.15) is 0 Å². The van der Waals surface area contributed by atoms with Gasteiger partial charge in [0.15, 0.2) is 0 Å². The van der Waals surface area contributed by atoms with Crippen LogP contribution >= 0.6 is 23.7 Å². The summed E-state index contributed by atoms with van der Waals surface area (Å²) in [6, 6.07) is 2.89. The van der Waals surface area contributed by atoms with Crippen LogP contribution in [0.15, 0.2) is 12.1 Å². The van der Waals surface area contributed by atoms with E-state index < -0.39 is 4.92 Å². The Morgan fingerprint density at radius 1 is 1.07 bits per heavy atom. The Labute approximate surface area is 167 Å². The fraction of sp³-hybridized carbons (Fsp3) is 0.625. The van der Waals surface area contributed by atoms with Crippen LogP contribution in [0.3, 0.4) is 0 Å². The molecule has 9 nitrogen and oxygen atoms in total. The maximum Gasteiger partial charge on any atom is 0.324 e. The highest BCUT2D eigenvalue weighted by molar-refractivity contribution is 7.17. The van der Waals surface area contributed by atoms with E-state index >= 15 is 0 Å². The Balaban J connectivity index is 0.00000261. The number of carbonyl (C=O) groups is 2. The summed E-state index contributed by atoms with van der Waals surface area (Å²) >= 11 is 0.914. The Morgan fingerprint density at radius 2 is 1.74 bits per heavy atom. The molecule has 1 aromatic rings. The van der Waals surface area contributed by atoms with Crippen LogP contribution in [0.25, 0.3) is 0 Å². The van der Waals surface area contributed by atoms with Gasteiger partial charge in [0, 0.05) is 71.4 Å². The van der Waals surface area contributed by atoms with Gasteiger partial charge in [-0.3, -0.25) is 24.6 Å². The van der Waals surface area contributed by atoms with Gasteiger partial charge in [0.05, 0.1) is 9.80 Å². The molecule has 2 aliphatic rings. The number of halogens is 1. The van der Waals surface area contributed by atoms with Crippen LogP contribution in [0.5, 0.6) is 0 Å². The van der Waals surface area contributed by atoms with Crippen LogP contribution in [-0.4, -0.2) is 90.3 Å². The van der Waals surface area contributed by atoms with Crippen LogP contribution in [0.4, 0.5) is 5.00 Å². The van der Waals surface area contributed by atoms with Crippen molar-refractivity contribution >= 4 is 40.6 Å². The number of rotatable bonds is 5. The molecule has 0 aromatic carbocycles. The first kappa shape index (κ1) is 21.5. The average Bonchev–Trinajstić information content (AvgIpc) is 3.17. The number of nitrogens with one attached hydrogen (secondary N) is 1. The molecule has 1 N–H and O–H groups in total. The van der Waals surface area contributed by atoms with E-state index in [2.05, 4.69) is 10.2 Å². The number of hydrogen-bond donors (Lipinski definition) is 1. The maximum absolute atomic E-state index is 12.4. The minimum Gasteiger partial charge on any atom is -0.340 e. The van der Waals surface area contributed by atoms with E-state index in [1.165, 1.54) is 12.1 Å². The number of thiophene rings is 1. The van der Waals surface area contributed by atoms with Crippen molar-refractivity contribution in [3.8, 4) is 0 Å². The van der Waals surface area contributed by atoms with Gasteiger partial charge in [-0.05, 0) is 6.07 Å². The topological polar surface area (TPSA) is 99.0 Å². The molecule has 0 radical (unpaired) electrons. The standard InChI is InChI=1S/C16H23N5O4S.ClH/c22-14(19-7-4-17-5-8-19)3-6-18-9-11-20(12-10-18)16(23)13-1-2-15(26-13)21(24)25;/h1-2,17H,3-12H2;1H. The molecule has 2 amide bonds. The van der Waals surface area contributed by atoms with Crippen LogP contribution in [-0.2, 0) is 4.79 Å². The lowest BCUT2D eigenvalue weighted by Gasteiger charge is -2.35. The first-order valence-corrected chi connectivity index (χ1v) is 9.60. The van der Waals surface area contributed by atoms with Gasteiger partial charge in [0.25, 0.3) is 5.91 Å². The molecule has 0 bridgehead atoms. The number of nitro groups is 1. The molecule has 11 heteroatoms. The molecule has 0 atom stereocenters. The molecular formula is C16H24ClN5O4S. The molecule has 27 heavy (non-hydrogen) atoms. The van der Waals surface area contributed by atoms with Gasteiger partial charge in [-0.1, -0.05) is 11.3 Å². The van der Waals surface area contributed by atoms with E-state index in [1.54, 1.807) is 4.90 Å². The molecule has 1 aromatic heterocycles. The minimum absolute atomic E-state index is 0. The van der Waals surface area contributed by atoms with Crippen molar-refractivity contribution in [1.82, 2.24) is 20.0 Å². The molecule has 2 fully saturated rings. The molecule has 150 valence electrons. The maximum atomic E-state index is 12.4. The summed E-state index contributed by atoms with van der Waals surface area (Å²) < 4.78 is 0. The van der Waals surface area contributed by atoms with Gasteiger partial charge in [-0.2, -0.15) is 0 Å². The summed E-state index contributed by atoms with van der Waals surface area (Å²) in [5.41, 5.74) is 0. The number of piperazine rings is 2. The lowest BCUT2D eigenvalue weighted by Crippen LogP contribution is -2.50. The van der Waals surface area contributed by atoms with Crippen LogP contribution in [0, 0.1) is 10.1 Å². The van der Waals surface area contributed by atoms with Crippen molar-refractivity contribution in [2.24, 2.45) is 0 Å². The van der Waals surface area contributed by atoms with Gasteiger partial charge in [0.2, 0.25) is 5.91 Å². The first-order valence-electron chi connectivity index (χ1n) is 8.79. The highest BCUT2D eigenvalue weighted by atomic mass is 35.5. The summed E-state index contributed by atoms with van der Waals surface area (Å²) in [5.74, 6) is 0.0375. The van der Waals surface area contributed by atoms with Crippen molar-refractivity contribution < 1.29 is 14.5 Å². The van der Waals surface area contributed by atoms with Gasteiger partial charge in [-0.25, -0.2) is 0 Å². The minimum atomic E-state index is -0.477. The predicted molar refractivity (Wildman–Crippen MR) is 105 cm³/mol. The molecule has 2 saturated heterocycles. The normalized spacial score (nSPS) is 18.1. The number of hydrogen-bond acceptors (Lipinski definition) is 7. The zero-order chi connectivity index (χ0) is 18.5. The van der Waals surface area contributed by atoms with Crippen molar-refractivity contribution in [1.29, 1.82) is 0 Å².